The summed E-state index contributed by atoms with van der Waals surface area (Å²) in [6.07, 6.45) is 0.897. The highest BCUT2D eigenvalue weighted by molar-refractivity contribution is 6.36. The second-order valence-electron chi connectivity index (χ2n) is 5.41. The number of ether oxygens (including phenoxy) is 1. The minimum Gasteiger partial charge on any atom is -0.453 e. The van der Waals surface area contributed by atoms with Crippen LogP contribution in [0, 0.1) is 13.8 Å². The van der Waals surface area contributed by atoms with E-state index in [9.17, 15) is 9.59 Å². The number of hydrogen-bond acceptors (Lipinski definition) is 6. The summed E-state index contributed by atoms with van der Waals surface area (Å²) in [5.74, 6) is -0.227. The Hall–Kier alpha value is -2.12. The maximum atomic E-state index is 12.1. The Morgan fingerprint density at radius 1 is 1.36 bits per heavy atom. The van der Waals surface area contributed by atoms with Crippen LogP contribution in [0.2, 0.25) is 10.0 Å². The van der Waals surface area contributed by atoms with Crippen molar-refractivity contribution in [1.29, 1.82) is 0 Å². The van der Waals surface area contributed by atoms with Crippen LogP contribution < -0.4 is 5.32 Å². The maximum Gasteiger partial charge on any atom is 0.306 e. The van der Waals surface area contributed by atoms with Gasteiger partial charge < -0.3 is 14.6 Å². The van der Waals surface area contributed by atoms with Crippen molar-refractivity contribution in [2.75, 3.05) is 5.32 Å². The first kappa shape index (κ1) is 19.2. The molecule has 0 radical (unpaired) electrons. The molecular weight excluding hydrogens is 369 g/mol. The van der Waals surface area contributed by atoms with Crippen LogP contribution in [0.3, 0.4) is 0 Å². The molecule has 0 spiro atoms. The van der Waals surface area contributed by atoms with Crippen LogP contribution >= 0.6 is 23.2 Å². The summed E-state index contributed by atoms with van der Waals surface area (Å²) in [6.45, 7) is 5.04. The summed E-state index contributed by atoms with van der Waals surface area (Å²) < 4.78 is 10.2. The lowest BCUT2D eigenvalue weighted by Crippen LogP contribution is -2.30. The number of pyridine rings is 1. The van der Waals surface area contributed by atoms with E-state index < -0.39 is 18.0 Å². The van der Waals surface area contributed by atoms with E-state index in [2.05, 4.69) is 15.5 Å². The zero-order chi connectivity index (χ0) is 18.6. The van der Waals surface area contributed by atoms with Crippen molar-refractivity contribution < 1.29 is 18.8 Å². The van der Waals surface area contributed by atoms with E-state index in [4.69, 9.17) is 32.5 Å². The average Bonchev–Trinajstić information content (AvgIpc) is 2.86. The minimum absolute atomic E-state index is 0.112. The second-order valence-corrected chi connectivity index (χ2v) is 6.25. The summed E-state index contributed by atoms with van der Waals surface area (Å²) in [4.78, 5) is 27.9. The average molecular weight is 386 g/mol. The van der Waals surface area contributed by atoms with Gasteiger partial charge >= 0.3 is 5.97 Å². The molecule has 2 aromatic rings. The number of aromatic nitrogens is 2. The molecule has 2 heterocycles. The fourth-order valence-corrected chi connectivity index (χ4v) is 2.55. The number of nitrogens with one attached hydrogen (secondary N) is 1. The van der Waals surface area contributed by atoms with Crippen LogP contribution in [0.4, 0.5) is 5.82 Å². The van der Waals surface area contributed by atoms with Crippen LogP contribution in [-0.4, -0.2) is 28.1 Å². The molecule has 1 amide bonds. The molecule has 1 N–H and O–H groups in total. The van der Waals surface area contributed by atoms with Crippen molar-refractivity contribution in [3.8, 4) is 0 Å². The minimum atomic E-state index is -0.995. The van der Waals surface area contributed by atoms with E-state index in [1.807, 2.05) is 0 Å². The van der Waals surface area contributed by atoms with E-state index in [1.165, 1.54) is 19.2 Å². The molecule has 134 valence electrons. The van der Waals surface area contributed by atoms with Gasteiger partial charge in [-0.25, -0.2) is 4.98 Å². The van der Waals surface area contributed by atoms with E-state index in [-0.39, 0.29) is 17.3 Å². The van der Waals surface area contributed by atoms with Crippen molar-refractivity contribution in [3.05, 3.63) is 39.3 Å². The lowest BCUT2D eigenvalue weighted by Gasteiger charge is -2.13. The van der Waals surface area contributed by atoms with E-state index in [0.29, 0.717) is 17.2 Å². The number of aryl methyl sites for hydroxylation is 2. The third-order valence-corrected chi connectivity index (χ3v) is 3.98. The highest BCUT2D eigenvalue weighted by atomic mass is 35.5. The molecule has 7 nitrogen and oxygen atoms in total. The number of anilines is 1. The summed E-state index contributed by atoms with van der Waals surface area (Å²) in [5, 5.41) is 6.85. The summed E-state index contributed by atoms with van der Waals surface area (Å²) in [6, 6.07) is 1.45. The van der Waals surface area contributed by atoms with Crippen LogP contribution in [0.15, 0.2) is 16.8 Å². The first-order valence-corrected chi connectivity index (χ1v) is 8.26. The predicted octanol–water partition coefficient (Wildman–Crippen LogP) is 3.50. The molecule has 0 saturated carbocycles. The van der Waals surface area contributed by atoms with Gasteiger partial charge in [0.2, 0.25) is 0 Å². The fraction of sp³-hybridized carbons (Fsp3) is 0.375. The number of rotatable bonds is 6. The van der Waals surface area contributed by atoms with Crippen LogP contribution in [0.5, 0.6) is 0 Å². The lowest BCUT2D eigenvalue weighted by atomic mass is 10.1. The molecule has 0 aromatic carbocycles. The Labute approximate surface area is 154 Å². The molecule has 0 bridgehead atoms. The Morgan fingerprint density at radius 2 is 2.08 bits per heavy atom. The van der Waals surface area contributed by atoms with Crippen LogP contribution in [0.1, 0.15) is 30.4 Å². The van der Waals surface area contributed by atoms with E-state index in [1.54, 1.807) is 13.8 Å². The number of nitrogens with zero attached hydrogens (tertiary/aromatic N) is 2. The Bertz CT molecular complexity index is 772. The lowest BCUT2D eigenvalue weighted by molar-refractivity contribution is -0.153. The van der Waals surface area contributed by atoms with Gasteiger partial charge in [0.15, 0.2) is 11.9 Å². The van der Waals surface area contributed by atoms with Gasteiger partial charge in [-0.05, 0) is 33.3 Å². The molecular formula is C16H17Cl2N3O4. The van der Waals surface area contributed by atoms with Crippen molar-refractivity contribution in [2.24, 2.45) is 0 Å². The normalized spacial score (nSPS) is 11.9. The fourth-order valence-electron chi connectivity index (χ4n) is 2.12. The molecule has 0 fully saturated rings. The first-order valence-electron chi connectivity index (χ1n) is 7.51. The molecule has 2 rings (SSSR count). The number of esters is 1. The summed E-state index contributed by atoms with van der Waals surface area (Å²) in [7, 11) is 0. The number of amides is 1. The van der Waals surface area contributed by atoms with Gasteiger partial charge in [-0.15, -0.1) is 0 Å². The maximum absolute atomic E-state index is 12.1. The number of hydrogen-bond donors (Lipinski definition) is 1. The van der Waals surface area contributed by atoms with Crippen molar-refractivity contribution in [2.45, 2.75) is 39.7 Å². The van der Waals surface area contributed by atoms with Crippen LogP contribution in [0.25, 0.3) is 0 Å². The van der Waals surface area contributed by atoms with Crippen molar-refractivity contribution in [3.63, 3.8) is 0 Å². The largest absolute Gasteiger partial charge is 0.453 e. The number of halogens is 2. The Morgan fingerprint density at radius 3 is 2.68 bits per heavy atom. The van der Waals surface area contributed by atoms with Gasteiger partial charge in [0, 0.05) is 18.2 Å². The Balaban J connectivity index is 1.86. The zero-order valence-corrected chi connectivity index (χ0v) is 15.4. The predicted molar refractivity (Wildman–Crippen MR) is 92.7 cm³/mol. The molecule has 1 atom stereocenters. The van der Waals surface area contributed by atoms with E-state index >= 15 is 0 Å². The molecule has 0 aliphatic carbocycles. The van der Waals surface area contributed by atoms with Crippen molar-refractivity contribution >= 4 is 40.9 Å². The molecule has 0 aliphatic heterocycles. The zero-order valence-electron chi connectivity index (χ0n) is 13.9. The quantitative estimate of drug-likeness (QED) is 0.764. The van der Waals surface area contributed by atoms with E-state index in [0.717, 1.165) is 11.3 Å². The van der Waals surface area contributed by atoms with Gasteiger partial charge in [0.05, 0.1) is 15.7 Å². The summed E-state index contributed by atoms with van der Waals surface area (Å²) in [5.41, 5.74) is 1.60. The molecule has 9 heteroatoms. The highest BCUT2D eigenvalue weighted by Crippen LogP contribution is 2.22. The monoisotopic (exact) mass is 385 g/mol. The Kier molecular flexibility index (Phi) is 6.39. The molecule has 2 aromatic heterocycles. The van der Waals surface area contributed by atoms with Gasteiger partial charge in [0.25, 0.3) is 5.91 Å². The molecule has 25 heavy (non-hydrogen) atoms. The second kappa shape index (κ2) is 8.31. The summed E-state index contributed by atoms with van der Waals surface area (Å²) >= 11 is 11.7. The van der Waals surface area contributed by atoms with Crippen molar-refractivity contribution in [1.82, 2.24) is 10.1 Å². The number of carbonyl (C=O) groups excluding carboxylic acids is 2. The van der Waals surface area contributed by atoms with Crippen LogP contribution in [-0.2, 0) is 20.7 Å². The SMILES string of the molecule is Cc1noc(C)c1CCC(=O)O[C@@H](C)C(=O)Nc1ncc(Cl)cc1Cl. The standard InChI is InChI=1S/C16H17Cl2N3O4/c1-8-12(9(2)25-21-8)4-5-14(22)24-10(3)16(23)20-15-13(18)6-11(17)7-19-15/h6-7,10H,4-5H2,1-3H3,(H,19,20,23)/t10-/m0/s1. The highest BCUT2D eigenvalue weighted by Gasteiger charge is 2.20. The number of carbonyl (C=O) groups is 2. The topological polar surface area (TPSA) is 94.3 Å². The third-order valence-electron chi connectivity index (χ3n) is 3.49. The first-order chi connectivity index (χ1) is 11.8. The third kappa shape index (κ3) is 5.17. The molecule has 0 unspecified atom stereocenters. The van der Waals surface area contributed by atoms with Gasteiger partial charge in [-0.3, -0.25) is 9.59 Å². The molecule has 0 aliphatic rings. The smallest absolute Gasteiger partial charge is 0.306 e. The molecule has 0 saturated heterocycles. The van der Waals surface area contributed by atoms with Gasteiger partial charge in [-0.1, -0.05) is 28.4 Å². The van der Waals surface area contributed by atoms with Gasteiger partial charge in [0.1, 0.15) is 5.76 Å². The van der Waals surface area contributed by atoms with Gasteiger partial charge in [-0.2, -0.15) is 0 Å².